The second kappa shape index (κ2) is 41.5. The first-order chi connectivity index (χ1) is 26.3. The Bertz CT molecular complexity index is 743. The Morgan fingerprint density at radius 2 is 0.481 bits per heavy atom. The smallest absolute Gasteiger partial charge is 0.0802 e. The maximum absolute atomic E-state index is 11.4. The number of nitrogens with zero attached hydrogens (tertiary/aromatic N) is 3. The Morgan fingerprint density at radius 3 is 0.685 bits per heavy atom. The first-order valence-corrected chi connectivity index (χ1v) is 24.4. The van der Waals surface area contributed by atoms with Crippen molar-refractivity contribution in [2.45, 2.75) is 219 Å². The normalized spacial score (nSPS) is 14.4. The van der Waals surface area contributed by atoms with Crippen LogP contribution in [0.25, 0.3) is 0 Å². The number of rotatable bonds is 44. The monoisotopic (exact) mass is 810 g/mol. The van der Waals surface area contributed by atoms with E-state index < -0.39 is 24.4 Å². The van der Waals surface area contributed by atoms with Crippen LogP contribution in [0.1, 0.15) is 194 Å². The molecule has 0 rings (SSSR count). The van der Waals surface area contributed by atoms with Gasteiger partial charge in [0.05, 0.1) is 24.4 Å². The Balaban J connectivity index is 5.19. The van der Waals surface area contributed by atoms with Gasteiger partial charge in [0.1, 0.15) is 0 Å². The van der Waals surface area contributed by atoms with Crippen LogP contribution in [0.2, 0.25) is 0 Å². The van der Waals surface area contributed by atoms with Crippen molar-refractivity contribution in [1.82, 2.24) is 14.7 Å². The molecule has 0 fully saturated rings. The van der Waals surface area contributed by atoms with E-state index in [9.17, 15) is 20.4 Å². The fourth-order valence-electron chi connectivity index (χ4n) is 7.71. The predicted molar refractivity (Wildman–Crippen MR) is 236 cm³/mol. The van der Waals surface area contributed by atoms with Crippen LogP contribution in [0.4, 0.5) is 0 Å². The number of aliphatic hydroxyl groups is 4. The zero-order chi connectivity index (χ0) is 39.9. The fourth-order valence-corrected chi connectivity index (χ4v) is 7.91. The van der Waals surface area contributed by atoms with Gasteiger partial charge in [0, 0.05) is 51.0 Å². The van der Waals surface area contributed by atoms with Crippen LogP contribution >= 0.6 is 23.2 Å². The van der Waals surface area contributed by atoms with Crippen molar-refractivity contribution in [2.75, 3.05) is 70.7 Å². The molecule has 4 unspecified atom stereocenters. The summed E-state index contributed by atoms with van der Waals surface area (Å²) >= 11 is 12.0. The molecule has 0 aromatic carbocycles. The summed E-state index contributed by atoms with van der Waals surface area (Å²) in [7, 11) is 0. The van der Waals surface area contributed by atoms with Gasteiger partial charge in [0.25, 0.3) is 0 Å². The highest BCUT2D eigenvalue weighted by Gasteiger charge is 2.22. The van der Waals surface area contributed by atoms with Crippen molar-refractivity contribution >= 4 is 23.2 Å². The van der Waals surface area contributed by atoms with Crippen LogP contribution in [-0.4, -0.2) is 130 Å². The predicted octanol–water partition coefficient (Wildman–Crippen LogP) is 10.4. The third-order valence-electron chi connectivity index (χ3n) is 10.9. The molecule has 0 aliphatic carbocycles. The van der Waals surface area contributed by atoms with E-state index in [-0.39, 0.29) is 11.8 Å². The Kier molecular flexibility index (Phi) is 41.7. The summed E-state index contributed by atoms with van der Waals surface area (Å²) in [5.74, 6) is 0.379. The summed E-state index contributed by atoms with van der Waals surface area (Å²) in [4.78, 5) is 6.62. The van der Waals surface area contributed by atoms with Gasteiger partial charge in [-0.05, 0) is 38.9 Å². The minimum absolute atomic E-state index is 0.189. The van der Waals surface area contributed by atoms with Crippen LogP contribution in [0.5, 0.6) is 0 Å². The average molecular weight is 811 g/mol. The number of hydrogen-bond donors (Lipinski definition) is 4. The van der Waals surface area contributed by atoms with E-state index in [0.29, 0.717) is 39.3 Å². The number of aliphatic hydroxyl groups excluding tert-OH is 4. The van der Waals surface area contributed by atoms with Gasteiger partial charge in [-0.3, -0.25) is 14.7 Å². The van der Waals surface area contributed by atoms with Gasteiger partial charge in [0.15, 0.2) is 0 Å². The summed E-state index contributed by atoms with van der Waals surface area (Å²) in [6.45, 7) is 12.2. The van der Waals surface area contributed by atoms with Crippen LogP contribution in [0.3, 0.4) is 0 Å². The summed E-state index contributed by atoms with van der Waals surface area (Å²) < 4.78 is 0. The Hall–Kier alpha value is 0.300. The van der Waals surface area contributed by atoms with E-state index in [0.717, 1.165) is 45.3 Å². The molecule has 0 aromatic heterocycles. The minimum Gasteiger partial charge on any atom is -0.391 e. The van der Waals surface area contributed by atoms with E-state index >= 15 is 0 Å². The van der Waals surface area contributed by atoms with Gasteiger partial charge in [-0.2, -0.15) is 0 Å². The van der Waals surface area contributed by atoms with Crippen molar-refractivity contribution in [2.24, 2.45) is 0 Å². The molecular formula is C45H93Cl2N3O4. The lowest BCUT2D eigenvalue weighted by molar-refractivity contribution is 0.0246. The maximum atomic E-state index is 11.4. The van der Waals surface area contributed by atoms with Crippen LogP contribution in [-0.2, 0) is 0 Å². The summed E-state index contributed by atoms with van der Waals surface area (Å²) in [5.41, 5.74) is 0. The molecule has 0 heterocycles. The van der Waals surface area contributed by atoms with Crippen LogP contribution in [0, 0.1) is 0 Å². The SMILES string of the molecule is CCCCCCCCCCCCN(CC(O)CCl)CC(O)CN(CCCCCCCCCCCC)CC(O)CN(CCCCCCCCC)CC(O)CCl. The van der Waals surface area contributed by atoms with Crippen LogP contribution in [0.15, 0.2) is 0 Å². The number of alkyl halides is 2. The largest absolute Gasteiger partial charge is 0.391 e. The van der Waals surface area contributed by atoms with Gasteiger partial charge in [0.2, 0.25) is 0 Å². The van der Waals surface area contributed by atoms with Crippen molar-refractivity contribution in [3.63, 3.8) is 0 Å². The molecule has 0 saturated heterocycles. The second-order valence-electron chi connectivity index (χ2n) is 16.7. The van der Waals surface area contributed by atoms with Gasteiger partial charge in [-0.1, -0.05) is 175 Å². The molecule has 0 aliphatic heterocycles. The molecule has 0 saturated carbocycles. The fraction of sp³-hybridized carbons (Fsp3) is 1.00. The highest BCUT2D eigenvalue weighted by Crippen LogP contribution is 2.14. The highest BCUT2D eigenvalue weighted by molar-refractivity contribution is 6.18. The van der Waals surface area contributed by atoms with E-state index in [1.54, 1.807) is 0 Å². The van der Waals surface area contributed by atoms with E-state index in [1.807, 2.05) is 0 Å². The van der Waals surface area contributed by atoms with E-state index in [4.69, 9.17) is 23.2 Å². The van der Waals surface area contributed by atoms with Crippen LogP contribution < -0.4 is 0 Å². The molecule has 0 amide bonds. The lowest BCUT2D eigenvalue weighted by Crippen LogP contribution is -2.47. The molecule has 0 aliphatic rings. The van der Waals surface area contributed by atoms with E-state index in [1.165, 1.54) is 148 Å². The minimum atomic E-state index is -0.614. The molecule has 326 valence electrons. The van der Waals surface area contributed by atoms with Gasteiger partial charge < -0.3 is 20.4 Å². The molecule has 0 spiro atoms. The summed E-state index contributed by atoms with van der Waals surface area (Å²) in [6, 6.07) is 0. The molecule has 4 N–H and O–H groups in total. The van der Waals surface area contributed by atoms with Gasteiger partial charge in [-0.15, -0.1) is 23.2 Å². The highest BCUT2D eigenvalue weighted by atomic mass is 35.5. The van der Waals surface area contributed by atoms with Crippen molar-refractivity contribution in [3.8, 4) is 0 Å². The number of hydrogen-bond acceptors (Lipinski definition) is 7. The number of halogens is 2. The van der Waals surface area contributed by atoms with E-state index in [2.05, 4.69) is 35.5 Å². The molecule has 4 atom stereocenters. The zero-order valence-corrected chi connectivity index (χ0v) is 37.6. The van der Waals surface area contributed by atoms with Gasteiger partial charge >= 0.3 is 0 Å². The first kappa shape index (κ1) is 54.3. The summed E-state index contributed by atoms with van der Waals surface area (Å²) in [5, 5.41) is 43.6. The van der Waals surface area contributed by atoms with Crippen molar-refractivity contribution in [1.29, 1.82) is 0 Å². The average Bonchev–Trinajstić information content (AvgIpc) is 3.15. The maximum Gasteiger partial charge on any atom is 0.0802 e. The third kappa shape index (κ3) is 36.6. The number of unbranched alkanes of at least 4 members (excludes halogenated alkanes) is 24. The van der Waals surface area contributed by atoms with Crippen molar-refractivity contribution in [3.05, 3.63) is 0 Å². The molecule has 9 heteroatoms. The molecular weight excluding hydrogens is 717 g/mol. The first-order valence-electron chi connectivity index (χ1n) is 23.3. The topological polar surface area (TPSA) is 90.6 Å². The molecule has 7 nitrogen and oxygen atoms in total. The zero-order valence-electron chi connectivity index (χ0n) is 36.1. The molecule has 0 bridgehead atoms. The summed E-state index contributed by atoms with van der Waals surface area (Å²) in [6.07, 6.45) is 31.7. The molecule has 54 heavy (non-hydrogen) atoms. The van der Waals surface area contributed by atoms with Gasteiger partial charge in [-0.25, -0.2) is 0 Å². The standard InChI is InChI=1S/C45H93Cl2N3O4/c1-4-7-10-13-16-18-20-23-26-29-32-49(37-43(52)35-47)39-45(54)41-50(33-30-27-24-21-19-17-14-11-8-5-2)40-44(53)38-48(36-42(51)34-46)31-28-25-22-15-12-9-6-3/h42-45,51-54H,4-41H2,1-3H3. The third-order valence-corrected chi connectivity index (χ3v) is 11.6. The lowest BCUT2D eigenvalue weighted by Gasteiger charge is -2.33. The Labute approximate surface area is 346 Å². The Morgan fingerprint density at radius 1 is 0.296 bits per heavy atom. The van der Waals surface area contributed by atoms with Crippen molar-refractivity contribution < 1.29 is 20.4 Å². The quantitative estimate of drug-likeness (QED) is 0.0360. The molecule has 0 radical (unpaired) electrons. The second-order valence-corrected chi connectivity index (χ2v) is 17.3. The molecule has 0 aromatic rings. The lowest BCUT2D eigenvalue weighted by atomic mass is 10.1.